The van der Waals surface area contributed by atoms with Crippen LogP contribution in [0.15, 0.2) is 39.9 Å². The van der Waals surface area contributed by atoms with Gasteiger partial charge in [0, 0.05) is 18.8 Å². The van der Waals surface area contributed by atoms with Crippen molar-refractivity contribution in [1.29, 1.82) is 0 Å². The maximum atomic E-state index is 13.5. The average Bonchev–Trinajstić information content (AvgIpc) is 3.24. The number of hydrogen-bond donors (Lipinski definition) is 0. The first-order valence-corrected chi connectivity index (χ1v) is 10.0. The van der Waals surface area contributed by atoms with Crippen LogP contribution in [0.5, 0.6) is 0 Å². The van der Waals surface area contributed by atoms with Crippen molar-refractivity contribution in [2.75, 3.05) is 0 Å². The van der Waals surface area contributed by atoms with E-state index in [0.717, 1.165) is 22.5 Å². The number of rotatable bonds is 4. The molecular weight excluding hydrogens is 380 g/mol. The highest BCUT2D eigenvalue weighted by Crippen LogP contribution is 2.22. The van der Waals surface area contributed by atoms with E-state index in [1.807, 2.05) is 69.5 Å². The molecule has 4 aromatic rings. The van der Waals surface area contributed by atoms with E-state index in [-0.39, 0.29) is 23.8 Å². The molecule has 0 aliphatic carbocycles. The minimum absolute atomic E-state index is 0.0500. The molecule has 30 heavy (non-hydrogen) atoms. The zero-order valence-corrected chi connectivity index (χ0v) is 18.2. The van der Waals surface area contributed by atoms with Gasteiger partial charge in [-0.15, -0.1) is 0 Å². The molecule has 0 saturated heterocycles. The lowest BCUT2D eigenvalue weighted by Gasteiger charge is -2.14. The molecule has 0 saturated carbocycles. The molecule has 0 fully saturated rings. The molecule has 0 amide bonds. The van der Waals surface area contributed by atoms with Gasteiger partial charge in [-0.3, -0.25) is 18.5 Å². The first-order valence-electron chi connectivity index (χ1n) is 10.0. The van der Waals surface area contributed by atoms with Crippen molar-refractivity contribution in [3.8, 4) is 5.95 Å². The third-order valence-electron chi connectivity index (χ3n) is 5.46. The molecule has 0 spiro atoms. The molecule has 1 aromatic carbocycles. The minimum Gasteiger partial charge on any atom is -0.300 e. The molecule has 0 aliphatic rings. The Hall–Kier alpha value is -3.42. The van der Waals surface area contributed by atoms with Crippen molar-refractivity contribution >= 4 is 11.2 Å². The molecule has 0 N–H and O–H groups in total. The Balaban J connectivity index is 2.06. The Kier molecular flexibility index (Phi) is 4.72. The summed E-state index contributed by atoms with van der Waals surface area (Å²) in [5.41, 5.74) is 3.79. The van der Waals surface area contributed by atoms with Crippen LogP contribution in [0.25, 0.3) is 17.1 Å². The lowest BCUT2D eigenvalue weighted by molar-refractivity contribution is 0.577. The van der Waals surface area contributed by atoms with Crippen LogP contribution in [0.3, 0.4) is 0 Å². The van der Waals surface area contributed by atoms with Crippen molar-refractivity contribution in [3.05, 3.63) is 73.7 Å². The third-order valence-corrected chi connectivity index (χ3v) is 5.46. The summed E-state index contributed by atoms with van der Waals surface area (Å²) in [5, 5.41) is 4.54. The van der Waals surface area contributed by atoms with E-state index in [1.165, 1.54) is 9.13 Å². The van der Waals surface area contributed by atoms with Gasteiger partial charge in [0.2, 0.25) is 5.95 Å². The zero-order chi connectivity index (χ0) is 21.7. The van der Waals surface area contributed by atoms with Crippen LogP contribution >= 0.6 is 0 Å². The van der Waals surface area contributed by atoms with Crippen LogP contribution in [0.2, 0.25) is 0 Å². The largest absolute Gasteiger partial charge is 0.332 e. The van der Waals surface area contributed by atoms with Crippen LogP contribution in [-0.4, -0.2) is 28.5 Å². The molecule has 0 radical (unpaired) electrons. The fraction of sp³-hybridized carbons (Fsp3) is 0.364. The van der Waals surface area contributed by atoms with E-state index < -0.39 is 0 Å². The topological polar surface area (TPSA) is 79.6 Å². The van der Waals surface area contributed by atoms with Crippen molar-refractivity contribution in [2.24, 2.45) is 7.05 Å². The molecule has 0 unspecified atom stereocenters. The Morgan fingerprint density at radius 1 is 1.07 bits per heavy atom. The van der Waals surface area contributed by atoms with Gasteiger partial charge in [-0.1, -0.05) is 24.3 Å². The van der Waals surface area contributed by atoms with Gasteiger partial charge in [-0.2, -0.15) is 10.1 Å². The van der Waals surface area contributed by atoms with Gasteiger partial charge >= 0.3 is 5.69 Å². The number of fused-ring (bicyclic) bond motifs is 1. The van der Waals surface area contributed by atoms with E-state index in [4.69, 9.17) is 0 Å². The normalized spacial score (nSPS) is 11.7. The summed E-state index contributed by atoms with van der Waals surface area (Å²) in [6.07, 6.45) is 0. The summed E-state index contributed by atoms with van der Waals surface area (Å²) in [6, 6.07) is 9.67. The highest BCUT2D eigenvalue weighted by Gasteiger charge is 2.24. The predicted molar refractivity (Wildman–Crippen MR) is 116 cm³/mol. The molecule has 4 rings (SSSR count). The van der Waals surface area contributed by atoms with Gasteiger partial charge in [0.15, 0.2) is 11.2 Å². The SMILES string of the molecule is Cc1cc(C)n(-c2nc3c(c(=O)n(Cc4ccccc4C)c(=O)n3C)n2C(C)C)n1. The molecule has 8 nitrogen and oxygen atoms in total. The Morgan fingerprint density at radius 2 is 1.77 bits per heavy atom. The molecule has 8 heteroatoms. The maximum Gasteiger partial charge on any atom is 0.332 e. The van der Waals surface area contributed by atoms with E-state index in [2.05, 4.69) is 10.1 Å². The van der Waals surface area contributed by atoms with Crippen molar-refractivity contribution in [3.63, 3.8) is 0 Å². The fourth-order valence-corrected chi connectivity index (χ4v) is 3.90. The third kappa shape index (κ3) is 2.99. The van der Waals surface area contributed by atoms with Crippen LogP contribution in [0, 0.1) is 20.8 Å². The van der Waals surface area contributed by atoms with E-state index >= 15 is 0 Å². The van der Waals surface area contributed by atoms with Gasteiger partial charge in [0.1, 0.15) is 0 Å². The smallest absolute Gasteiger partial charge is 0.300 e. The number of aryl methyl sites for hydroxylation is 4. The summed E-state index contributed by atoms with van der Waals surface area (Å²) in [4.78, 5) is 31.3. The second-order valence-electron chi connectivity index (χ2n) is 8.05. The molecule has 0 atom stereocenters. The van der Waals surface area contributed by atoms with E-state index in [9.17, 15) is 9.59 Å². The summed E-state index contributed by atoms with van der Waals surface area (Å²) in [5.74, 6) is 0.534. The summed E-state index contributed by atoms with van der Waals surface area (Å²) in [7, 11) is 1.65. The van der Waals surface area contributed by atoms with Crippen molar-refractivity contribution in [2.45, 2.75) is 47.2 Å². The lowest BCUT2D eigenvalue weighted by atomic mass is 10.1. The molecule has 0 bridgehead atoms. The first kappa shape index (κ1) is 19.9. The van der Waals surface area contributed by atoms with E-state index in [1.54, 1.807) is 11.7 Å². The van der Waals surface area contributed by atoms with Crippen LogP contribution < -0.4 is 11.2 Å². The number of nitrogens with zero attached hydrogens (tertiary/aromatic N) is 6. The Bertz CT molecular complexity index is 1380. The van der Waals surface area contributed by atoms with Gasteiger partial charge in [-0.25, -0.2) is 9.48 Å². The van der Waals surface area contributed by atoms with E-state index in [0.29, 0.717) is 17.1 Å². The first-order chi connectivity index (χ1) is 14.2. The average molecular weight is 406 g/mol. The summed E-state index contributed by atoms with van der Waals surface area (Å²) >= 11 is 0. The highest BCUT2D eigenvalue weighted by atomic mass is 16.2. The zero-order valence-electron chi connectivity index (χ0n) is 18.2. The number of benzene rings is 1. The molecule has 156 valence electrons. The van der Waals surface area contributed by atoms with Gasteiger partial charge in [0.25, 0.3) is 5.56 Å². The van der Waals surface area contributed by atoms with Gasteiger partial charge in [0.05, 0.1) is 12.2 Å². The molecular formula is C22H26N6O2. The lowest BCUT2D eigenvalue weighted by Crippen LogP contribution is -2.40. The van der Waals surface area contributed by atoms with Crippen LogP contribution in [0.4, 0.5) is 0 Å². The summed E-state index contributed by atoms with van der Waals surface area (Å²) in [6.45, 7) is 10.0. The number of hydrogen-bond acceptors (Lipinski definition) is 4. The number of imidazole rings is 1. The Labute approximate surface area is 174 Å². The van der Waals surface area contributed by atoms with Crippen LogP contribution in [0.1, 0.15) is 42.4 Å². The standard InChI is InChI=1S/C22H26N6O2/c1-13(2)27-18-19(23-21(27)28-16(5)11-15(4)24-28)25(6)22(30)26(20(18)29)12-17-10-8-7-9-14(17)3/h7-11,13H,12H2,1-6H3. The van der Waals surface area contributed by atoms with Gasteiger partial charge < -0.3 is 0 Å². The Morgan fingerprint density at radius 3 is 2.37 bits per heavy atom. The predicted octanol–water partition coefficient (Wildman–Crippen LogP) is 2.64. The second kappa shape index (κ2) is 7.12. The monoisotopic (exact) mass is 406 g/mol. The number of aromatic nitrogens is 6. The maximum absolute atomic E-state index is 13.5. The molecule has 3 aromatic heterocycles. The van der Waals surface area contributed by atoms with Crippen LogP contribution in [-0.2, 0) is 13.6 Å². The van der Waals surface area contributed by atoms with Crippen molar-refractivity contribution in [1.82, 2.24) is 28.5 Å². The minimum atomic E-state index is -0.385. The highest BCUT2D eigenvalue weighted by molar-refractivity contribution is 5.73. The molecule has 3 heterocycles. The molecule has 0 aliphatic heterocycles. The van der Waals surface area contributed by atoms with Crippen molar-refractivity contribution < 1.29 is 0 Å². The van der Waals surface area contributed by atoms with Gasteiger partial charge in [-0.05, 0) is 51.8 Å². The second-order valence-corrected chi connectivity index (χ2v) is 8.05. The quantitative estimate of drug-likeness (QED) is 0.522. The summed E-state index contributed by atoms with van der Waals surface area (Å²) < 4.78 is 6.33. The fourth-order valence-electron chi connectivity index (χ4n) is 3.90.